The SMILES string of the molecule is c1ccc(C(c2ccccc2)[NH+]2CC[NH+](Cc3nnnn3C[C@H]3CCCO3)CC2)cc1. The van der Waals surface area contributed by atoms with Crippen LogP contribution in [0.1, 0.15) is 35.8 Å². The van der Waals surface area contributed by atoms with E-state index >= 15 is 0 Å². The lowest BCUT2D eigenvalue weighted by atomic mass is 9.96. The summed E-state index contributed by atoms with van der Waals surface area (Å²) in [4.78, 5) is 3.20. The topological polar surface area (TPSA) is 61.7 Å². The summed E-state index contributed by atoms with van der Waals surface area (Å²) in [5.74, 6) is 0.983. The molecule has 1 atom stereocenters. The van der Waals surface area contributed by atoms with Crippen LogP contribution in [0.3, 0.4) is 0 Å². The Labute approximate surface area is 183 Å². The minimum absolute atomic E-state index is 0.260. The van der Waals surface area contributed by atoms with E-state index in [-0.39, 0.29) is 6.10 Å². The molecule has 162 valence electrons. The summed E-state index contributed by atoms with van der Waals surface area (Å²) in [7, 11) is 0. The molecule has 2 N–H and O–H groups in total. The van der Waals surface area contributed by atoms with E-state index in [0.717, 1.165) is 64.5 Å². The first-order valence-electron chi connectivity index (χ1n) is 11.5. The van der Waals surface area contributed by atoms with Crippen molar-refractivity contribution in [1.82, 2.24) is 20.2 Å². The molecular weight excluding hydrogens is 388 g/mol. The Morgan fingerprint density at radius 3 is 2.23 bits per heavy atom. The first-order valence-corrected chi connectivity index (χ1v) is 11.5. The fraction of sp³-hybridized carbons (Fsp3) is 0.458. The van der Waals surface area contributed by atoms with Crippen LogP contribution in [0.4, 0.5) is 0 Å². The van der Waals surface area contributed by atoms with Gasteiger partial charge in [-0.2, -0.15) is 0 Å². The van der Waals surface area contributed by atoms with Crippen molar-refractivity contribution >= 4 is 0 Å². The summed E-state index contributed by atoms with van der Waals surface area (Å²) >= 11 is 0. The van der Waals surface area contributed by atoms with Gasteiger partial charge in [0.15, 0.2) is 0 Å². The highest BCUT2D eigenvalue weighted by Crippen LogP contribution is 2.19. The third-order valence-electron chi connectivity index (χ3n) is 6.69. The van der Waals surface area contributed by atoms with Crippen molar-refractivity contribution in [3.63, 3.8) is 0 Å². The average Bonchev–Trinajstić information content (AvgIpc) is 3.49. The third kappa shape index (κ3) is 4.84. The van der Waals surface area contributed by atoms with Gasteiger partial charge in [0.1, 0.15) is 38.8 Å². The minimum atomic E-state index is 0.260. The summed E-state index contributed by atoms with van der Waals surface area (Å²) in [5, 5.41) is 12.5. The standard InChI is InChI=1S/C24H30N6O/c1-3-8-20(9-4-1)24(21-10-5-2-6-11-21)29-15-13-28(14-16-29)19-23-25-26-27-30(23)18-22-12-7-17-31-22/h1-6,8-11,22,24H,7,12-19H2/p+2/t22-/m1/s1. The number of benzene rings is 2. The summed E-state index contributed by atoms with van der Waals surface area (Å²) in [6, 6.07) is 22.3. The fourth-order valence-electron chi connectivity index (χ4n) is 5.04. The van der Waals surface area contributed by atoms with Crippen LogP contribution < -0.4 is 9.80 Å². The van der Waals surface area contributed by atoms with E-state index in [2.05, 4.69) is 76.2 Å². The molecule has 0 spiro atoms. The molecule has 5 rings (SSSR count). The molecule has 1 aromatic heterocycles. The number of hydrogen-bond donors (Lipinski definition) is 2. The highest BCUT2D eigenvalue weighted by atomic mass is 16.5. The van der Waals surface area contributed by atoms with Crippen LogP contribution in [0.15, 0.2) is 60.7 Å². The maximum Gasteiger partial charge on any atom is 0.206 e. The van der Waals surface area contributed by atoms with Crippen molar-refractivity contribution in [2.24, 2.45) is 0 Å². The van der Waals surface area contributed by atoms with Gasteiger partial charge < -0.3 is 14.5 Å². The van der Waals surface area contributed by atoms with Crippen LogP contribution in [0.2, 0.25) is 0 Å². The lowest BCUT2D eigenvalue weighted by Gasteiger charge is -2.35. The average molecular weight is 421 g/mol. The number of piperazine rings is 1. The molecule has 2 fully saturated rings. The number of ether oxygens (including phenoxy) is 1. The number of nitrogens with zero attached hydrogens (tertiary/aromatic N) is 4. The van der Waals surface area contributed by atoms with Gasteiger partial charge >= 0.3 is 0 Å². The van der Waals surface area contributed by atoms with Crippen LogP contribution in [-0.2, 0) is 17.8 Å². The molecule has 3 aromatic rings. The zero-order valence-corrected chi connectivity index (χ0v) is 18.0. The highest BCUT2D eigenvalue weighted by Gasteiger charge is 2.32. The van der Waals surface area contributed by atoms with Crippen molar-refractivity contribution in [1.29, 1.82) is 0 Å². The van der Waals surface area contributed by atoms with E-state index in [1.165, 1.54) is 11.1 Å². The van der Waals surface area contributed by atoms with Crippen molar-refractivity contribution < 1.29 is 14.5 Å². The fourth-order valence-corrected chi connectivity index (χ4v) is 5.04. The molecular formula is C24H32N6O+2. The van der Waals surface area contributed by atoms with Crippen molar-refractivity contribution in [2.75, 3.05) is 32.8 Å². The van der Waals surface area contributed by atoms with Crippen molar-refractivity contribution in [2.45, 2.75) is 38.1 Å². The molecule has 0 saturated carbocycles. The molecule has 0 amide bonds. The zero-order chi connectivity index (χ0) is 20.9. The van der Waals surface area contributed by atoms with Crippen molar-refractivity contribution in [3.05, 3.63) is 77.6 Å². The van der Waals surface area contributed by atoms with Crippen LogP contribution in [0, 0.1) is 0 Å². The van der Waals surface area contributed by atoms with E-state index in [4.69, 9.17) is 4.74 Å². The number of nitrogens with one attached hydrogen (secondary N) is 2. The highest BCUT2D eigenvalue weighted by molar-refractivity contribution is 5.29. The van der Waals surface area contributed by atoms with E-state index in [0.29, 0.717) is 6.04 Å². The Morgan fingerprint density at radius 2 is 1.61 bits per heavy atom. The second-order valence-corrected chi connectivity index (χ2v) is 8.75. The first-order chi connectivity index (χ1) is 15.4. The Morgan fingerprint density at radius 1 is 0.935 bits per heavy atom. The first kappa shape index (κ1) is 20.3. The van der Waals surface area contributed by atoms with E-state index in [9.17, 15) is 0 Å². The molecule has 0 radical (unpaired) electrons. The van der Waals surface area contributed by atoms with Gasteiger partial charge in [0.25, 0.3) is 0 Å². The predicted molar refractivity (Wildman–Crippen MR) is 117 cm³/mol. The molecule has 0 aliphatic carbocycles. The summed E-state index contributed by atoms with van der Waals surface area (Å²) in [5.41, 5.74) is 2.79. The third-order valence-corrected chi connectivity index (χ3v) is 6.69. The number of hydrogen-bond acceptors (Lipinski definition) is 4. The summed E-state index contributed by atoms with van der Waals surface area (Å²) in [6.07, 6.45) is 2.51. The maximum atomic E-state index is 5.77. The van der Waals surface area contributed by atoms with Gasteiger partial charge in [-0.15, -0.1) is 5.10 Å². The smallest absolute Gasteiger partial charge is 0.206 e. The molecule has 7 heteroatoms. The summed E-state index contributed by atoms with van der Waals surface area (Å²) < 4.78 is 7.73. The molecule has 2 saturated heterocycles. The van der Waals surface area contributed by atoms with E-state index < -0.39 is 0 Å². The van der Waals surface area contributed by atoms with Gasteiger partial charge in [-0.25, -0.2) is 4.68 Å². The Hall–Kier alpha value is -2.61. The second kappa shape index (κ2) is 9.68. The largest absolute Gasteiger partial charge is 0.376 e. The van der Waals surface area contributed by atoms with Gasteiger partial charge in [0.2, 0.25) is 5.82 Å². The monoisotopic (exact) mass is 420 g/mol. The number of quaternary nitrogens is 2. The zero-order valence-electron chi connectivity index (χ0n) is 18.0. The molecule has 2 aromatic carbocycles. The quantitative estimate of drug-likeness (QED) is 0.562. The Kier molecular flexibility index (Phi) is 6.34. The minimum Gasteiger partial charge on any atom is -0.376 e. The summed E-state index contributed by atoms with van der Waals surface area (Å²) in [6.45, 7) is 7.04. The van der Waals surface area contributed by atoms with E-state index in [1.807, 2.05) is 4.68 Å². The van der Waals surface area contributed by atoms with E-state index in [1.54, 1.807) is 9.80 Å². The predicted octanol–water partition coefficient (Wildman–Crippen LogP) is -0.0749. The maximum absolute atomic E-state index is 5.77. The van der Waals surface area contributed by atoms with Crippen LogP contribution in [0.5, 0.6) is 0 Å². The van der Waals surface area contributed by atoms with Crippen LogP contribution in [-0.4, -0.2) is 59.1 Å². The number of aromatic nitrogens is 4. The molecule has 2 aliphatic rings. The van der Waals surface area contributed by atoms with Gasteiger partial charge in [-0.3, -0.25) is 0 Å². The molecule has 0 unspecified atom stereocenters. The lowest BCUT2D eigenvalue weighted by molar-refractivity contribution is -1.03. The second-order valence-electron chi connectivity index (χ2n) is 8.75. The van der Waals surface area contributed by atoms with Gasteiger partial charge in [-0.1, -0.05) is 60.7 Å². The number of rotatable bonds is 7. The lowest BCUT2D eigenvalue weighted by Crippen LogP contribution is -3.27. The van der Waals surface area contributed by atoms with Crippen molar-refractivity contribution in [3.8, 4) is 0 Å². The Balaban J connectivity index is 1.24. The van der Waals surface area contributed by atoms with Gasteiger partial charge in [-0.05, 0) is 23.3 Å². The molecule has 2 aliphatic heterocycles. The molecule has 7 nitrogen and oxygen atoms in total. The molecule has 0 bridgehead atoms. The molecule has 3 heterocycles. The van der Waals surface area contributed by atoms with Gasteiger partial charge in [0, 0.05) is 17.7 Å². The molecule has 31 heavy (non-hydrogen) atoms. The number of tetrazole rings is 1. The normalized spacial score (nSPS) is 24.0. The Bertz CT molecular complexity index is 893. The van der Waals surface area contributed by atoms with Crippen LogP contribution >= 0.6 is 0 Å². The van der Waals surface area contributed by atoms with Crippen LogP contribution in [0.25, 0.3) is 0 Å². The van der Waals surface area contributed by atoms with Gasteiger partial charge in [0.05, 0.1) is 12.6 Å².